The summed E-state index contributed by atoms with van der Waals surface area (Å²) in [7, 11) is 0. The minimum atomic E-state index is -0.306. The SMILES string of the molecule is O=C(CCc1ccccc1F)Nc1ccc(NC(=O)c2cccnc2)cc1. The van der Waals surface area contributed by atoms with Gasteiger partial charge in [-0.15, -0.1) is 0 Å². The number of amides is 2. The summed E-state index contributed by atoms with van der Waals surface area (Å²) in [6.07, 6.45) is 3.60. The van der Waals surface area contributed by atoms with Gasteiger partial charge >= 0.3 is 0 Å². The first-order chi connectivity index (χ1) is 13.1. The lowest BCUT2D eigenvalue weighted by Gasteiger charge is -2.08. The van der Waals surface area contributed by atoms with Crippen molar-refractivity contribution in [2.24, 2.45) is 0 Å². The lowest BCUT2D eigenvalue weighted by Crippen LogP contribution is -2.13. The molecule has 1 heterocycles. The molecule has 0 fully saturated rings. The topological polar surface area (TPSA) is 71.1 Å². The molecular formula is C21H18FN3O2. The van der Waals surface area contributed by atoms with Crippen LogP contribution in [0.2, 0.25) is 0 Å². The number of carbonyl (C=O) groups is 2. The molecule has 0 spiro atoms. The Morgan fingerprint density at radius 2 is 1.59 bits per heavy atom. The van der Waals surface area contributed by atoms with E-state index in [1.807, 2.05) is 0 Å². The van der Waals surface area contributed by atoms with Gasteiger partial charge in [-0.05, 0) is 54.4 Å². The number of nitrogens with one attached hydrogen (secondary N) is 2. The molecule has 27 heavy (non-hydrogen) atoms. The number of benzene rings is 2. The summed E-state index contributed by atoms with van der Waals surface area (Å²) in [6.45, 7) is 0. The van der Waals surface area contributed by atoms with Crippen LogP contribution in [-0.2, 0) is 11.2 Å². The van der Waals surface area contributed by atoms with Crippen LogP contribution in [0.25, 0.3) is 0 Å². The smallest absolute Gasteiger partial charge is 0.257 e. The van der Waals surface area contributed by atoms with Gasteiger partial charge < -0.3 is 10.6 Å². The number of hydrogen-bond acceptors (Lipinski definition) is 3. The van der Waals surface area contributed by atoms with Crippen LogP contribution in [0.15, 0.2) is 73.1 Å². The van der Waals surface area contributed by atoms with Crippen molar-refractivity contribution in [3.63, 3.8) is 0 Å². The fourth-order valence-corrected chi connectivity index (χ4v) is 2.51. The predicted molar refractivity (Wildman–Crippen MR) is 102 cm³/mol. The average Bonchev–Trinajstić information content (AvgIpc) is 2.69. The van der Waals surface area contributed by atoms with E-state index in [4.69, 9.17) is 0 Å². The Kier molecular flexibility index (Phi) is 5.89. The van der Waals surface area contributed by atoms with Gasteiger partial charge in [-0.1, -0.05) is 18.2 Å². The number of anilines is 2. The van der Waals surface area contributed by atoms with Crippen LogP contribution >= 0.6 is 0 Å². The molecule has 5 nitrogen and oxygen atoms in total. The molecule has 0 saturated heterocycles. The van der Waals surface area contributed by atoms with Gasteiger partial charge in [-0.25, -0.2) is 4.39 Å². The van der Waals surface area contributed by atoms with E-state index in [1.54, 1.807) is 60.8 Å². The molecule has 6 heteroatoms. The Labute approximate surface area is 156 Å². The first kappa shape index (κ1) is 18.3. The van der Waals surface area contributed by atoms with Gasteiger partial charge in [0.1, 0.15) is 5.82 Å². The van der Waals surface area contributed by atoms with Crippen molar-refractivity contribution in [1.82, 2.24) is 4.98 Å². The summed E-state index contributed by atoms with van der Waals surface area (Å²) in [5.41, 5.74) is 2.19. The van der Waals surface area contributed by atoms with Crippen molar-refractivity contribution >= 4 is 23.2 Å². The third-order valence-electron chi connectivity index (χ3n) is 3.93. The van der Waals surface area contributed by atoms with E-state index in [0.29, 0.717) is 28.9 Å². The van der Waals surface area contributed by atoms with Crippen molar-refractivity contribution in [2.45, 2.75) is 12.8 Å². The molecule has 0 aliphatic rings. The molecule has 0 aliphatic carbocycles. The van der Waals surface area contributed by atoms with E-state index in [0.717, 1.165) is 0 Å². The average molecular weight is 363 g/mol. The number of aryl methyl sites for hydroxylation is 1. The van der Waals surface area contributed by atoms with Gasteiger partial charge in [0, 0.05) is 30.2 Å². The number of carbonyl (C=O) groups excluding carboxylic acids is 2. The summed E-state index contributed by atoms with van der Waals surface area (Å²) in [6, 6.07) is 16.6. The summed E-state index contributed by atoms with van der Waals surface area (Å²) >= 11 is 0. The van der Waals surface area contributed by atoms with E-state index in [2.05, 4.69) is 15.6 Å². The molecule has 0 radical (unpaired) electrons. The number of nitrogens with zero attached hydrogens (tertiary/aromatic N) is 1. The highest BCUT2D eigenvalue weighted by atomic mass is 19.1. The number of hydrogen-bond donors (Lipinski definition) is 2. The second-order valence-corrected chi connectivity index (χ2v) is 5.91. The Balaban J connectivity index is 1.52. The number of rotatable bonds is 6. The minimum absolute atomic E-state index is 0.181. The van der Waals surface area contributed by atoms with Gasteiger partial charge in [0.05, 0.1) is 5.56 Å². The van der Waals surface area contributed by atoms with Crippen molar-refractivity contribution in [1.29, 1.82) is 0 Å². The van der Waals surface area contributed by atoms with Crippen LogP contribution in [0.1, 0.15) is 22.3 Å². The Morgan fingerprint density at radius 3 is 2.26 bits per heavy atom. The van der Waals surface area contributed by atoms with Crippen LogP contribution in [0.5, 0.6) is 0 Å². The normalized spacial score (nSPS) is 10.3. The summed E-state index contributed by atoms with van der Waals surface area (Å²) in [5.74, 6) is -0.769. The molecule has 136 valence electrons. The molecule has 3 rings (SSSR count). The van der Waals surface area contributed by atoms with Gasteiger partial charge in [-0.3, -0.25) is 14.6 Å². The molecule has 2 aromatic carbocycles. The summed E-state index contributed by atoms with van der Waals surface area (Å²) in [5, 5.41) is 5.52. The second kappa shape index (κ2) is 8.71. The standard InChI is InChI=1S/C21H18FN3O2/c22-19-6-2-1-4-15(19)7-12-20(26)24-17-8-10-18(11-9-17)25-21(27)16-5-3-13-23-14-16/h1-6,8-11,13-14H,7,12H2,(H,24,26)(H,25,27). The van der Waals surface area contributed by atoms with Gasteiger partial charge in [0.25, 0.3) is 5.91 Å². The van der Waals surface area contributed by atoms with Crippen molar-refractivity contribution < 1.29 is 14.0 Å². The van der Waals surface area contributed by atoms with Crippen LogP contribution in [0.4, 0.5) is 15.8 Å². The van der Waals surface area contributed by atoms with Gasteiger partial charge in [0.2, 0.25) is 5.91 Å². The zero-order chi connectivity index (χ0) is 19.1. The first-order valence-corrected chi connectivity index (χ1v) is 8.46. The first-order valence-electron chi connectivity index (χ1n) is 8.46. The Hall–Kier alpha value is -3.54. The maximum absolute atomic E-state index is 13.6. The van der Waals surface area contributed by atoms with Crippen LogP contribution in [0.3, 0.4) is 0 Å². The van der Waals surface area contributed by atoms with E-state index in [-0.39, 0.29) is 24.1 Å². The van der Waals surface area contributed by atoms with Crippen molar-refractivity contribution in [3.05, 3.63) is 90.0 Å². The fourth-order valence-electron chi connectivity index (χ4n) is 2.51. The van der Waals surface area contributed by atoms with Crippen LogP contribution in [0, 0.1) is 5.82 Å². The van der Waals surface area contributed by atoms with E-state index >= 15 is 0 Å². The quantitative estimate of drug-likeness (QED) is 0.694. The van der Waals surface area contributed by atoms with Crippen molar-refractivity contribution in [2.75, 3.05) is 10.6 Å². The van der Waals surface area contributed by atoms with E-state index in [1.165, 1.54) is 12.3 Å². The van der Waals surface area contributed by atoms with E-state index < -0.39 is 0 Å². The molecular weight excluding hydrogens is 345 g/mol. The fraction of sp³-hybridized carbons (Fsp3) is 0.0952. The highest BCUT2D eigenvalue weighted by Crippen LogP contribution is 2.15. The molecule has 0 bridgehead atoms. The predicted octanol–water partition coefficient (Wildman–Crippen LogP) is 4.04. The third-order valence-corrected chi connectivity index (χ3v) is 3.93. The molecule has 2 N–H and O–H groups in total. The number of aromatic nitrogens is 1. The number of halogens is 1. The van der Waals surface area contributed by atoms with Gasteiger partial charge in [0.15, 0.2) is 0 Å². The van der Waals surface area contributed by atoms with Gasteiger partial charge in [-0.2, -0.15) is 0 Å². The molecule has 2 amide bonds. The lowest BCUT2D eigenvalue weighted by molar-refractivity contribution is -0.116. The third kappa shape index (κ3) is 5.22. The molecule has 0 saturated carbocycles. The maximum atomic E-state index is 13.6. The maximum Gasteiger partial charge on any atom is 0.257 e. The number of pyridine rings is 1. The second-order valence-electron chi connectivity index (χ2n) is 5.91. The zero-order valence-electron chi connectivity index (χ0n) is 14.5. The Morgan fingerprint density at radius 1 is 0.889 bits per heavy atom. The molecule has 0 atom stereocenters. The monoisotopic (exact) mass is 363 g/mol. The highest BCUT2D eigenvalue weighted by molar-refractivity contribution is 6.04. The minimum Gasteiger partial charge on any atom is -0.326 e. The highest BCUT2D eigenvalue weighted by Gasteiger charge is 2.08. The Bertz CT molecular complexity index is 928. The van der Waals surface area contributed by atoms with Crippen LogP contribution in [-0.4, -0.2) is 16.8 Å². The summed E-state index contributed by atoms with van der Waals surface area (Å²) < 4.78 is 13.6. The lowest BCUT2D eigenvalue weighted by atomic mass is 10.1. The molecule has 1 aromatic heterocycles. The van der Waals surface area contributed by atoms with Crippen LogP contribution < -0.4 is 10.6 Å². The molecule has 0 unspecified atom stereocenters. The van der Waals surface area contributed by atoms with E-state index in [9.17, 15) is 14.0 Å². The van der Waals surface area contributed by atoms with Crippen molar-refractivity contribution in [3.8, 4) is 0 Å². The largest absolute Gasteiger partial charge is 0.326 e. The molecule has 0 aliphatic heterocycles. The zero-order valence-corrected chi connectivity index (χ0v) is 14.5. The summed E-state index contributed by atoms with van der Waals surface area (Å²) in [4.78, 5) is 28.0. The molecule has 3 aromatic rings.